The summed E-state index contributed by atoms with van der Waals surface area (Å²) in [4.78, 5) is 4.02. The summed E-state index contributed by atoms with van der Waals surface area (Å²) in [6.07, 6.45) is 0.870. The number of imidazole rings is 1. The molecule has 0 aromatic carbocycles. The predicted octanol–water partition coefficient (Wildman–Crippen LogP) is 1.48. The van der Waals surface area contributed by atoms with Crippen molar-refractivity contribution in [2.45, 2.75) is 33.7 Å². The van der Waals surface area contributed by atoms with E-state index in [2.05, 4.69) is 4.98 Å². The maximum atomic E-state index is 9.25. The lowest BCUT2D eigenvalue weighted by Crippen LogP contribution is -2.01. The van der Waals surface area contributed by atoms with Gasteiger partial charge in [-0.2, -0.15) is 4.98 Å². The molecule has 11 heavy (non-hydrogen) atoms. The van der Waals surface area contributed by atoms with Gasteiger partial charge in [0.05, 0.1) is 5.69 Å². The lowest BCUT2D eigenvalue weighted by molar-refractivity contribution is 0.450. The van der Waals surface area contributed by atoms with Crippen LogP contribution in [0.15, 0.2) is 0 Å². The fourth-order valence-electron chi connectivity index (χ4n) is 1.27. The highest BCUT2D eigenvalue weighted by Crippen LogP contribution is 2.16. The molecule has 0 amide bonds. The maximum absolute atomic E-state index is 9.25. The van der Waals surface area contributed by atoms with E-state index >= 15 is 0 Å². The molecule has 0 aliphatic carbocycles. The summed E-state index contributed by atoms with van der Waals surface area (Å²) in [7, 11) is 0. The number of hydrogen-bond acceptors (Lipinski definition) is 2. The van der Waals surface area contributed by atoms with Crippen LogP contribution in [0.25, 0.3) is 0 Å². The minimum atomic E-state index is 0.170. The number of hydrogen-bond donors (Lipinski definition) is 1. The Hall–Kier alpha value is -0.990. The van der Waals surface area contributed by atoms with E-state index in [1.165, 1.54) is 0 Å². The molecule has 0 bridgehead atoms. The highest BCUT2D eigenvalue weighted by atomic mass is 16.3. The molecule has 0 radical (unpaired) electrons. The smallest absolute Gasteiger partial charge is 0.232 e. The molecule has 3 heteroatoms. The Bertz CT molecular complexity index is 253. The normalized spacial score (nSPS) is 10.5. The first-order chi connectivity index (χ1) is 5.20. The van der Waals surface area contributed by atoms with Crippen LogP contribution in [0.3, 0.4) is 0 Å². The van der Waals surface area contributed by atoms with E-state index in [1.807, 2.05) is 25.3 Å². The average Bonchev–Trinajstić information content (AvgIpc) is 2.28. The van der Waals surface area contributed by atoms with E-state index in [0.29, 0.717) is 0 Å². The Morgan fingerprint density at radius 1 is 1.45 bits per heavy atom. The van der Waals surface area contributed by atoms with Crippen LogP contribution < -0.4 is 0 Å². The number of aromatic hydroxyl groups is 1. The molecular weight excluding hydrogens is 140 g/mol. The van der Waals surface area contributed by atoms with Crippen molar-refractivity contribution in [3.63, 3.8) is 0 Å². The second-order valence-corrected chi connectivity index (χ2v) is 2.53. The van der Waals surface area contributed by atoms with Crippen LogP contribution in [-0.2, 0) is 13.0 Å². The molecule has 62 valence electrons. The predicted molar refractivity (Wildman–Crippen MR) is 43.7 cm³/mol. The second-order valence-electron chi connectivity index (χ2n) is 2.53. The van der Waals surface area contributed by atoms with Crippen LogP contribution in [0.1, 0.15) is 25.4 Å². The Morgan fingerprint density at radius 2 is 2.09 bits per heavy atom. The molecule has 1 aromatic heterocycles. The molecule has 1 heterocycles. The third-order valence-corrected chi connectivity index (χ3v) is 1.91. The van der Waals surface area contributed by atoms with Gasteiger partial charge in [0.2, 0.25) is 5.88 Å². The Balaban J connectivity index is 3.15. The summed E-state index contributed by atoms with van der Waals surface area (Å²) in [5.74, 6) is 1.13. The summed E-state index contributed by atoms with van der Waals surface area (Å²) in [6, 6.07) is 0. The molecule has 0 unspecified atom stereocenters. The summed E-state index contributed by atoms with van der Waals surface area (Å²) >= 11 is 0. The zero-order valence-corrected chi connectivity index (χ0v) is 7.26. The standard InChI is InChI=1S/C8H14N2O/c1-4-7-9-8(11)6(3)10(7)5-2/h11H,4-5H2,1-3H3. The van der Waals surface area contributed by atoms with Gasteiger partial charge in [0, 0.05) is 13.0 Å². The molecule has 1 N–H and O–H groups in total. The molecule has 0 atom stereocenters. The molecule has 3 nitrogen and oxygen atoms in total. The number of nitrogens with zero attached hydrogens (tertiary/aromatic N) is 2. The van der Waals surface area contributed by atoms with Crippen molar-refractivity contribution < 1.29 is 5.11 Å². The van der Waals surface area contributed by atoms with Gasteiger partial charge in [-0.05, 0) is 13.8 Å². The molecule has 1 aromatic rings. The topological polar surface area (TPSA) is 38.1 Å². The summed E-state index contributed by atoms with van der Waals surface area (Å²) in [5.41, 5.74) is 0.865. The van der Waals surface area contributed by atoms with Gasteiger partial charge in [0.25, 0.3) is 0 Å². The fourth-order valence-corrected chi connectivity index (χ4v) is 1.27. The van der Waals surface area contributed by atoms with E-state index in [9.17, 15) is 5.11 Å². The maximum Gasteiger partial charge on any atom is 0.232 e. The molecule has 0 aliphatic heterocycles. The van der Waals surface area contributed by atoms with Crippen molar-refractivity contribution in [1.82, 2.24) is 9.55 Å². The van der Waals surface area contributed by atoms with Crippen molar-refractivity contribution in [3.8, 4) is 5.88 Å². The largest absolute Gasteiger partial charge is 0.492 e. The van der Waals surface area contributed by atoms with Gasteiger partial charge in [-0.1, -0.05) is 6.92 Å². The minimum Gasteiger partial charge on any atom is -0.492 e. The van der Waals surface area contributed by atoms with Gasteiger partial charge in [0.15, 0.2) is 0 Å². The number of rotatable bonds is 2. The Kier molecular flexibility index (Phi) is 2.17. The number of aromatic nitrogens is 2. The quantitative estimate of drug-likeness (QED) is 0.700. The van der Waals surface area contributed by atoms with Gasteiger partial charge < -0.3 is 9.67 Å². The van der Waals surface area contributed by atoms with Gasteiger partial charge in [-0.25, -0.2) is 0 Å². The van der Waals surface area contributed by atoms with Crippen LogP contribution >= 0.6 is 0 Å². The van der Waals surface area contributed by atoms with Gasteiger partial charge >= 0.3 is 0 Å². The van der Waals surface area contributed by atoms with Gasteiger partial charge in [0.1, 0.15) is 5.82 Å². The SMILES string of the molecule is CCc1nc(O)c(C)n1CC. The lowest BCUT2D eigenvalue weighted by atomic mass is 10.4. The summed E-state index contributed by atoms with van der Waals surface area (Å²) in [6.45, 7) is 6.84. The first kappa shape index (κ1) is 8.11. The lowest BCUT2D eigenvalue weighted by Gasteiger charge is -2.02. The summed E-state index contributed by atoms with van der Waals surface area (Å²) in [5, 5.41) is 9.25. The van der Waals surface area contributed by atoms with E-state index < -0.39 is 0 Å². The highest BCUT2D eigenvalue weighted by Gasteiger charge is 2.08. The van der Waals surface area contributed by atoms with Crippen molar-refractivity contribution in [1.29, 1.82) is 0 Å². The third-order valence-electron chi connectivity index (χ3n) is 1.91. The van der Waals surface area contributed by atoms with E-state index in [0.717, 1.165) is 24.5 Å². The highest BCUT2D eigenvalue weighted by molar-refractivity contribution is 5.20. The molecular formula is C8H14N2O. The summed E-state index contributed by atoms with van der Waals surface area (Å²) < 4.78 is 2.02. The van der Waals surface area contributed by atoms with Crippen LogP contribution in [0.2, 0.25) is 0 Å². The molecule has 0 saturated heterocycles. The van der Waals surface area contributed by atoms with Crippen LogP contribution in [0, 0.1) is 6.92 Å². The molecule has 0 spiro atoms. The van der Waals surface area contributed by atoms with E-state index in [-0.39, 0.29) is 5.88 Å². The third kappa shape index (κ3) is 1.23. The van der Waals surface area contributed by atoms with Crippen LogP contribution in [0.5, 0.6) is 5.88 Å². The number of aryl methyl sites for hydroxylation is 1. The zero-order chi connectivity index (χ0) is 8.43. The van der Waals surface area contributed by atoms with Crippen molar-refractivity contribution in [2.24, 2.45) is 0 Å². The second kappa shape index (κ2) is 2.95. The van der Waals surface area contributed by atoms with E-state index in [1.54, 1.807) is 0 Å². The molecule has 1 rings (SSSR count). The monoisotopic (exact) mass is 154 g/mol. The van der Waals surface area contributed by atoms with Crippen LogP contribution in [0.4, 0.5) is 0 Å². The van der Waals surface area contributed by atoms with E-state index in [4.69, 9.17) is 0 Å². The van der Waals surface area contributed by atoms with Crippen molar-refractivity contribution >= 4 is 0 Å². The first-order valence-corrected chi connectivity index (χ1v) is 3.95. The van der Waals surface area contributed by atoms with Crippen LogP contribution in [-0.4, -0.2) is 14.7 Å². The van der Waals surface area contributed by atoms with Crippen molar-refractivity contribution in [2.75, 3.05) is 0 Å². The average molecular weight is 154 g/mol. The molecule has 0 aliphatic rings. The molecule has 0 saturated carbocycles. The first-order valence-electron chi connectivity index (χ1n) is 3.95. The van der Waals surface area contributed by atoms with Crippen molar-refractivity contribution in [3.05, 3.63) is 11.5 Å². The zero-order valence-electron chi connectivity index (χ0n) is 7.26. The Morgan fingerprint density at radius 3 is 2.45 bits per heavy atom. The molecule has 0 fully saturated rings. The van der Waals surface area contributed by atoms with Gasteiger partial charge in [-0.3, -0.25) is 0 Å². The van der Waals surface area contributed by atoms with Gasteiger partial charge in [-0.15, -0.1) is 0 Å². The Labute approximate surface area is 66.7 Å². The minimum absolute atomic E-state index is 0.170. The fraction of sp³-hybridized carbons (Fsp3) is 0.625.